The van der Waals surface area contributed by atoms with Gasteiger partial charge in [-0.15, -0.1) is 0 Å². The van der Waals surface area contributed by atoms with Gasteiger partial charge in [-0.1, -0.05) is 23.7 Å². The molecule has 0 bridgehead atoms. The zero-order chi connectivity index (χ0) is 23.7. The van der Waals surface area contributed by atoms with E-state index >= 15 is 0 Å². The van der Waals surface area contributed by atoms with Crippen molar-refractivity contribution in [3.05, 3.63) is 81.9 Å². The Morgan fingerprint density at radius 3 is 2.61 bits per heavy atom. The van der Waals surface area contributed by atoms with Crippen LogP contribution in [0.3, 0.4) is 0 Å². The number of rotatable bonds is 7. The van der Waals surface area contributed by atoms with Crippen LogP contribution in [0.25, 0.3) is 5.69 Å². The van der Waals surface area contributed by atoms with Gasteiger partial charge >= 0.3 is 0 Å². The van der Waals surface area contributed by atoms with Gasteiger partial charge in [0.25, 0.3) is 0 Å². The summed E-state index contributed by atoms with van der Waals surface area (Å²) in [5.41, 5.74) is 6.96. The Balaban J connectivity index is 1.80. The van der Waals surface area contributed by atoms with Gasteiger partial charge in [0, 0.05) is 34.8 Å². The molecule has 1 aromatic carbocycles. The summed E-state index contributed by atoms with van der Waals surface area (Å²) in [5.74, 6) is 0. The summed E-state index contributed by atoms with van der Waals surface area (Å²) >= 11 is 12.2. The molecule has 5 nitrogen and oxygen atoms in total. The maximum atomic E-state index is 6.37. The molecule has 0 radical (unpaired) electrons. The molecule has 1 aliphatic rings. The lowest BCUT2D eigenvalue weighted by Gasteiger charge is -2.28. The first-order chi connectivity index (χ1) is 15.8. The Labute approximate surface area is 207 Å². The van der Waals surface area contributed by atoms with Crippen LogP contribution in [-0.4, -0.2) is 51.6 Å². The van der Waals surface area contributed by atoms with E-state index < -0.39 is 0 Å². The fourth-order valence-corrected chi connectivity index (χ4v) is 5.32. The normalized spacial score (nSPS) is 18.3. The second kappa shape index (κ2) is 9.84. The van der Waals surface area contributed by atoms with Crippen LogP contribution in [0.2, 0.25) is 5.02 Å². The highest BCUT2D eigenvalue weighted by molar-refractivity contribution is 7.80. The summed E-state index contributed by atoms with van der Waals surface area (Å²) in [5, 5.41) is 5.10. The molecule has 33 heavy (non-hydrogen) atoms. The minimum Gasteiger partial charge on any atom is -0.352 e. The lowest BCUT2D eigenvalue weighted by molar-refractivity contribution is 0.292. The lowest BCUT2D eigenvalue weighted by Crippen LogP contribution is -2.32. The van der Waals surface area contributed by atoms with Gasteiger partial charge < -0.3 is 19.7 Å². The van der Waals surface area contributed by atoms with Crippen molar-refractivity contribution < 1.29 is 0 Å². The van der Waals surface area contributed by atoms with Crippen molar-refractivity contribution in [1.82, 2.24) is 24.7 Å². The third kappa shape index (κ3) is 4.79. The summed E-state index contributed by atoms with van der Waals surface area (Å²) < 4.78 is 2.31. The van der Waals surface area contributed by atoms with E-state index in [1.807, 2.05) is 30.5 Å². The van der Waals surface area contributed by atoms with Crippen LogP contribution in [0.1, 0.15) is 46.7 Å². The molecule has 2 atom stereocenters. The second-order valence-electron chi connectivity index (χ2n) is 9.07. The van der Waals surface area contributed by atoms with E-state index in [1.165, 1.54) is 22.5 Å². The van der Waals surface area contributed by atoms with Crippen LogP contribution in [-0.2, 0) is 0 Å². The molecule has 3 heterocycles. The molecule has 174 valence electrons. The van der Waals surface area contributed by atoms with Crippen molar-refractivity contribution in [1.29, 1.82) is 0 Å². The molecule has 1 fully saturated rings. The topological polar surface area (TPSA) is 36.3 Å². The Bertz CT molecular complexity index is 1140. The molecule has 0 saturated carbocycles. The predicted molar refractivity (Wildman–Crippen MR) is 140 cm³/mol. The van der Waals surface area contributed by atoms with E-state index in [2.05, 4.69) is 77.7 Å². The maximum Gasteiger partial charge on any atom is 0.170 e. The molecule has 3 aromatic rings. The van der Waals surface area contributed by atoms with Crippen LogP contribution >= 0.6 is 23.8 Å². The highest BCUT2D eigenvalue weighted by atomic mass is 35.5. The van der Waals surface area contributed by atoms with Gasteiger partial charge in [0.2, 0.25) is 0 Å². The molecule has 4 rings (SSSR count). The minimum absolute atomic E-state index is 0.00698. The first kappa shape index (κ1) is 23.7. The number of aromatic nitrogens is 2. The molecule has 1 saturated heterocycles. The van der Waals surface area contributed by atoms with E-state index in [1.54, 1.807) is 0 Å². The third-order valence-corrected chi connectivity index (χ3v) is 6.99. The van der Waals surface area contributed by atoms with Crippen molar-refractivity contribution >= 4 is 28.9 Å². The average Bonchev–Trinajstić information content (AvgIpc) is 3.25. The van der Waals surface area contributed by atoms with Crippen LogP contribution in [0.15, 0.2) is 48.7 Å². The van der Waals surface area contributed by atoms with E-state index in [0.29, 0.717) is 0 Å². The Morgan fingerprint density at radius 1 is 1.12 bits per heavy atom. The van der Waals surface area contributed by atoms with Crippen LogP contribution < -0.4 is 5.32 Å². The van der Waals surface area contributed by atoms with E-state index in [4.69, 9.17) is 23.8 Å². The molecule has 0 spiro atoms. The smallest absolute Gasteiger partial charge is 0.170 e. The van der Waals surface area contributed by atoms with Crippen LogP contribution in [0.5, 0.6) is 0 Å². The molecule has 0 aliphatic carbocycles. The van der Waals surface area contributed by atoms with Crippen LogP contribution in [0.4, 0.5) is 0 Å². The molecule has 2 aromatic heterocycles. The first-order valence-electron chi connectivity index (χ1n) is 11.4. The number of hydrogen-bond acceptors (Lipinski definition) is 3. The SMILES string of the molecule is Cc1ccc(Cl)cc1-n1c(C)cc([C@H]2[C@@H](c3ccccn3)NC(=S)N2CCCN(C)C)c1C. The van der Waals surface area contributed by atoms with Gasteiger partial charge in [-0.3, -0.25) is 4.98 Å². The first-order valence-corrected chi connectivity index (χ1v) is 12.1. The summed E-state index contributed by atoms with van der Waals surface area (Å²) in [6, 6.07) is 14.5. The molecule has 1 aliphatic heterocycles. The summed E-state index contributed by atoms with van der Waals surface area (Å²) in [6.07, 6.45) is 2.89. The number of aryl methyl sites for hydroxylation is 2. The van der Waals surface area contributed by atoms with Gasteiger partial charge in [0.1, 0.15) is 0 Å². The fourth-order valence-electron chi connectivity index (χ4n) is 4.82. The maximum absolute atomic E-state index is 6.37. The summed E-state index contributed by atoms with van der Waals surface area (Å²) in [6.45, 7) is 8.38. The summed E-state index contributed by atoms with van der Waals surface area (Å²) in [4.78, 5) is 9.23. The van der Waals surface area contributed by atoms with Gasteiger partial charge in [0.05, 0.1) is 17.8 Å². The number of nitrogens with zero attached hydrogens (tertiary/aromatic N) is 4. The lowest BCUT2D eigenvalue weighted by atomic mass is 9.96. The minimum atomic E-state index is -0.00698. The quantitative estimate of drug-likeness (QED) is 0.459. The molecular weight excluding hydrogens is 450 g/mol. The Hall–Kier alpha value is -2.41. The van der Waals surface area contributed by atoms with Crippen molar-refractivity contribution in [2.45, 2.75) is 39.3 Å². The Morgan fingerprint density at radius 2 is 1.91 bits per heavy atom. The highest BCUT2D eigenvalue weighted by Crippen LogP contribution is 2.41. The molecular formula is C26H32ClN5S. The Kier molecular flexibility index (Phi) is 7.07. The average molecular weight is 482 g/mol. The number of pyridine rings is 1. The molecule has 0 unspecified atom stereocenters. The number of thiocarbonyl (C=S) groups is 1. The fraction of sp³-hybridized carbons (Fsp3) is 0.385. The van der Waals surface area contributed by atoms with Crippen molar-refractivity contribution in [3.63, 3.8) is 0 Å². The van der Waals surface area contributed by atoms with Crippen molar-refractivity contribution in [3.8, 4) is 5.69 Å². The van der Waals surface area contributed by atoms with Gasteiger partial charge in [-0.05, 0) is 102 Å². The van der Waals surface area contributed by atoms with Gasteiger partial charge in [0.15, 0.2) is 5.11 Å². The second-order valence-corrected chi connectivity index (χ2v) is 9.89. The van der Waals surface area contributed by atoms with Crippen LogP contribution in [0, 0.1) is 20.8 Å². The standard InChI is InChI=1S/C26H32ClN5S/c1-17-10-11-20(27)16-23(17)32-18(2)15-21(19(32)3)25-24(22-9-6-7-12-28-22)29-26(33)31(25)14-8-13-30(4)5/h6-7,9-12,15-16,24-25H,8,13-14H2,1-5H3,(H,29,33)/t24-,25+/m1/s1. The zero-order valence-electron chi connectivity index (χ0n) is 20.0. The van der Waals surface area contributed by atoms with E-state index in [-0.39, 0.29) is 12.1 Å². The zero-order valence-corrected chi connectivity index (χ0v) is 21.5. The van der Waals surface area contributed by atoms with Gasteiger partial charge in [-0.25, -0.2) is 0 Å². The largest absolute Gasteiger partial charge is 0.352 e. The monoisotopic (exact) mass is 481 g/mol. The predicted octanol–water partition coefficient (Wildman–Crippen LogP) is 5.38. The molecule has 1 N–H and O–H groups in total. The van der Waals surface area contributed by atoms with E-state index in [9.17, 15) is 0 Å². The highest BCUT2D eigenvalue weighted by Gasteiger charge is 2.41. The number of halogens is 1. The van der Waals surface area contributed by atoms with Crippen molar-refractivity contribution in [2.24, 2.45) is 0 Å². The molecule has 0 amide bonds. The summed E-state index contributed by atoms with van der Waals surface area (Å²) in [7, 11) is 4.21. The molecule has 7 heteroatoms. The number of benzene rings is 1. The third-order valence-electron chi connectivity index (χ3n) is 6.40. The van der Waals surface area contributed by atoms with Crippen molar-refractivity contribution in [2.75, 3.05) is 27.2 Å². The number of nitrogens with one attached hydrogen (secondary N) is 1. The van der Waals surface area contributed by atoms with Gasteiger partial charge in [-0.2, -0.15) is 0 Å². The van der Waals surface area contributed by atoms with E-state index in [0.717, 1.165) is 41.0 Å². The number of hydrogen-bond donors (Lipinski definition) is 1.